The summed E-state index contributed by atoms with van der Waals surface area (Å²) in [6.45, 7) is 0.707. The highest BCUT2D eigenvalue weighted by Crippen LogP contribution is 2.05. The van der Waals surface area contributed by atoms with Gasteiger partial charge in [-0.15, -0.1) is 0 Å². The van der Waals surface area contributed by atoms with E-state index in [-0.39, 0.29) is 0 Å². The van der Waals surface area contributed by atoms with Crippen molar-refractivity contribution < 1.29 is 19.8 Å². The number of carbonyl (C=O) groups is 2. The molecular weight excluding hydrogens is 260 g/mol. The molecule has 1 atom stereocenters. The number of nitriles is 1. The van der Waals surface area contributed by atoms with Crippen LogP contribution in [-0.2, 0) is 9.59 Å². The van der Waals surface area contributed by atoms with Crippen molar-refractivity contribution in [2.24, 2.45) is 0 Å². The van der Waals surface area contributed by atoms with E-state index in [0.717, 1.165) is 12.5 Å². The molecule has 0 spiro atoms. The van der Waals surface area contributed by atoms with Crippen LogP contribution in [0.25, 0.3) is 6.08 Å². The first-order valence-electron chi connectivity index (χ1n) is 5.77. The summed E-state index contributed by atoms with van der Waals surface area (Å²) in [6, 6.07) is 8.57. The van der Waals surface area contributed by atoms with Crippen molar-refractivity contribution in [3.8, 4) is 6.07 Å². The number of aliphatic hydroxyl groups is 1. The van der Waals surface area contributed by atoms with Crippen molar-refractivity contribution in [1.82, 2.24) is 5.32 Å². The lowest BCUT2D eigenvalue weighted by Crippen LogP contribution is -2.46. The summed E-state index contributed by atoms with van der Waals surface area (Å²) < 4.78 is 0. The zero-order valence-corrected chi connectivity index (χ0v) is 10.8. The fourth-order valence-corrected chi connectivity index (χ4v) is 1.23. The standard InChI is InChI=1S/C14H14N2O4/c1-14(20,13(18)19)9-16-12(17)7-6-10-2-4-11(8-15)5-3-10/h2-7,20H,9H2,1H3,(H,16,17)(H,18,19). The second-order valence-corrected chi connectivity index (χ2v) is 4.36. The van der Waals surface area contributed by atoms with Gasteiger partial charge in [-0.3, -0.25) is 4.79 Å². The van der Waals surface area contributed by atoms with E-state index in [4.69, 9.17) is 10.4 Å². The third-order valence-electron chi connectivity index (χ3n) is 2.53. The zero-order valence-electron chi connectivity index (χ0n) is 10.8. The number of hydrogen-bond donors (Lipinski definition) is 3. The Hall–Kier alpha value is -2.65. The van der Waals surface area contributed by atoms with Gasteiger partial charge in [0, 0.05) is 6.08 Å². The summed E-state index contributed by atoms with van der Waals surface area (Å²) in [4.78, 5) is 22.1. The fourth-order valence-electron chi connectivity index (χ4n) is 1.23. The van der Waals surface area contributed by atoms with Gasteiger partial charge in [-0.1, -0.05) is 12.1 Å². The molecular formula is C14H14N2O4. The van der Waals surface area contributed by atoms with Crippen molar-refractivity contribution in [2.75, 3.05) is 6.54 Å². The number of carbonyl (C=O) groups excluding carboxylic acids is 1. The monoisotopic (exact) mass is 274 g/mol. The molecule has 1 aromatic carbocycles. The Kier molecular flexibility index (Phi) is 5.01. The maximum absolute atomic E-state index is 11.5. The van der Waals surface area contributed by atoms with E-state index in [2.05, 4.69) is 5.32 Å². The third-order valence-corrected chi connectivity index (χ3v) is 2.53. The van der Waals surface area contributed by atoms with E-state index in [1.807, 2.05) is 6.07 Å². The van der Waals surface area contributed by atoms with Gasteiger partial charge in [0.05, 0.1) is 18.2 Å². The Morgan fingerprint density at radius 1 is 1.40 bits per heavy atom. The summed E-state index contributed by atoms with van der Waals surface area (Å²) >= 11 is 0. The molecule has 0 saturated heterocycles. The number of benzene rings is 1. The minimum atomic E-state index is -2.00. The number of carboxylic acid groups (broad SMARTS) is 1. The molecule has 0 fully saturated rings. The number of rotatable bonds is 5. The molecule has 0 bridgehead atoms. The van der Waals surface area contributed by atoms with E-state index in [0.29, 0.717) is 5.56 Å². The Labute approximate surface area is 116 Å². The maximum atomic E-state index is 11.5. The van der Waals surface area contributed by atoms with E-state index in [1.165, 1.54) is 12.2 Å². The van der Waals surface area contributed by atoms with Gasteiger partial charge in [0.2, 0.25) is 5.91 Å². The molecule has 0 radical (unpaired) electrons. The Balaban J connectivity index is 2.56. The van der Waals surface area contributed by atoms with Crippen molar-refractivity contribution in [1.29, 1.82) is 5.26 Å². The first-order valence-corrected chi connectivity index (χ1v) is 5.77. The van der Waals surface area contributed by atoms with Gasteiger partial charge in [-0.2, -0.15) is 5.26 Å². The first kappa shape index (κ1) is 15.4. The number of nitrogens with zero attached hydrogens (tertiary/aromatic N) is 1. The summed E-state index contributed by atoms with van der Waals surface area (Å²) in [5.74, 6) is -1.93. The van der Waals surface area contributed by atoms with Gasteiger partial charge < -0.3 is 15.5 Å². The van der Waals surface area contributed by atoms with E-state index < -0.39 is 24.0 Å². The molecule has 0 aliphatic carbocycles. The lowest BCUT2D eigenvalue weighted by molar-refractivity contribution is -0.156. The Morgan fingerprint density at radius 2 is 2.00 bits per heavy atom. The SMILES string of the molecule is CC(O)(CNC(=O)C=Cc1ccc(C#N)cc1)C(=O)O. The molecule has 1 rings (SSSR count). The molecule has 20 heavy (non-hydrogen) atoms. The molecule has 0 heterocycles. The molecule has 1 aromatic rings. The second kappa shape index (κ2) is 6.50. The van der Waals surface area contributed by atoms with Crippen LogP contribution in [0.4, 0.5) is 0 Å². The van der Waals surface area contributed by atoms with Crippen LogP contribution in [0.5, 0.6) is 0 Å². The second-order valence-electron chi connectivity index (χ2n) is 4.36. The van der Waals surface area contributed by atoms with Gasteiger partial charge in [-0.05, 0) is 30.7 Å². The molecule has 3 N–H and O–H groups in total. The lowest BCUT2D eigenvalue weighted by atomic mass is 10.1. The Bertz CT molecular complexity index is 568. The minimum Gasteiger partial charge on any atom is -0.479 e. The van der Waals surface area contributed by atoms with E-state index >= 15 is 0 Å². The highest BCUT2D eigenvalue weighted by Gasteiger charge is 2.29. The summed E-state index contributed by atoms with van der Waals surface area (Å²) in [7, 11) is 0. The topological polar surface area (TPSA) is 110 Å². The maximum Gasteiger partial charge on any atom is 0.337 e. The van der Waals surface area contributed by atoms with Crippen molar-refractivity contribution in [2.45, 2.75) is 12.5 Å². The number of amides is 1. The minimum absolute atomic E-state index is 0.390. The molecule has 0 aliphatic rings. The molecule has 1 unspecified atom stereocenters. The molecule has 0 aromatic heterocycles. The first-order chi connectivity index (χ1) is 9.35. The van der Waals surface area contributed by atoms with Crippen LogP contribution >= 0.6 is 0 Å². The van der Waals surface area contributed by atoms with Crippen molar-refractivity contribution in [3.05, 3.63) is 41.5 Å². The average molecular weight is 274 g/mol. The van der Waals surface area contributed by atoms with Gasteiger partial charge in [0.1, 0.15) is 0 Å². The van der Waals surface area contributed by atoms with Gasteiger partial charge in [0.25, 0.3) is 0 Å². The van der Waals surface area contributed by atoms with Crippen LogP contribution in [-0.4, -0.2) is 34.2 Å². The molecule has 6 heteroatoms. The smallest absolute Gasteiger partial charge is 0.337 e. The van der Waals surface area contributed by atoms with Crippen molar-refractivity contribution >= 4 is 18.0 Å². The van der Waals surface area contributed by atoms with Gasteiger partial charge in [-0.25, -0.2) is 4.79 Å². The normalized spacial score (nSPS) is 13.4. The quantitative estimate of drug-likeness (QED) is 0.678. The third kappa shape index (κ3) is 4.55. The molecule has 6 nitrogen and oxygen atoms in total. The predicted octanol–water partition coefficient (Wildman–Crippen LogP) is 0.523. The lowest BCUT2D eigenvalue weighted by Gasteiger charge is -2.17. The number of hydrogen-bond acceptors (Lipinski definition) is 4. The highest BCUT2D eigenvalue weighted by atomic mass is 16.4. The Morgan fingerprint density at radius 3 is 2.50 bits per heavy atom. The number of aliphatic carboxylic acids is 1. The predicted molar refractivity (Wildman–Crippen MR) is 71.5 cm³/mol. The van der Waals surface area contributed by atoms with E-state index in [1.54, 1.807) is 24.3 Å². The van der Waals surface area contributed by atoms with Crippen LogP contribution < -0.4 is 5.32 Å². The largest absolute Gasteiger partial charge is 0.479 e. The van der Waals surface area contributed by atoms with Crippen LogP contribution in [0, 0.1) is 11.3 Å². The summed E-state index contributed by atoms with van der Waals surface area (Å²) in [5, 5.41) is 29.0. The average Bonchev–Trinajstić information content (AvgIpc) is 2.43. The summed E-state index contributed by atoms with van der Waals surface area (Å²) in [5.41, 5.74) is -0.758. The van der Waals surface area contributed by atoms with Gasteiger partial charge in [0.15, 0.2) is 5.60 Å². The molecule has 0 aliphatic heterocycles. The van der Waals surface area contributed by atoms with Crippen LogP contribution in [0.3, 0.4) is 0 Å². The zero-order chi connectivity index (χ0) is 15.2. The fraction of sp³-hybridized carbons (Fsp3) is 0.214. The molecule has 0 saturated carbocycles. The molecule has 1 amide bonds. The summed E-state index contributed by atoms with van der Waals surface area (Å²) in [6.07, 6.45) is 2.74. The van der Waals surface area contributed by atoms with Crippen LogP contribution in [0.15, 0.2) is 30.3 Å². The van der Waals surface area contributed by atoms with Crippen molar-refractivity contribution in [3.63, 3.8) is 0 Å². The number of carboxylic acids is 1. The number of nitrogens with one attached hydrogen (secondary N) is 1. The van der Waals surface area contributed by atoms with E-state index in [9.17, 15) is 14.7 Å². The van der Waals surface area contributed by atoms with Crippen LogP contribution in [0.1, 0.15) is 18.1 Å². The van der Waals surface area contributed by atoms with Gasteiger partial charge >= 0.3 is 5.97 Å². The van der Waals surface area contributed by atoms with Crippen LogP contribution in [0.2, 0.25) is 0 Å². The highest BCUT2D eigenvalue weighted by molar-refractivity contribution is 5.92. The molecule has 104 valence electrons.